The van der Waals surface area contributed by atoms with Crippen LogP contribution in [0, 0.1) is 13.8 Å². The second-order valence-electron chi connectivity index (χ2n) is 4.34. The Balaban J connectivity index is 2.36. The van der Waals surface area contributed by atoms with Gasteiger partial charge in [0, 0.05) is 4.88 Å². The number of hydrogen-bond donors (Lipinski definition) is 1. The van der Waals surface area contributed by atoms with Gasteiger partial charge in [-0.25, -0.2) is 9.78 Å². The summed E-state index contributed by atoms with van der Waals surface area (Å²) in [5, 5.41) is 9.14. The minimum Gasteiger partial charge on any atom is -0.476 e. The van der Waals surface area contributed by atoms with Crippen molar-refractivity contribution in [2.24, 2.45) is 0 Å². The van der Waals surface area contributed by atoms with Crippen molar-refractivity contribution in [3.63, 3.8) is 0 Å². The first-order chi connectivity index (χ1) is 9.09. The van der Waals surface area contributed by atoms with Gasteiger partial charge in [0.15, 0.2) is 10.7 Å². The van der Waals surface area contributed by atoms with Crippen LogP contribution in [0.4, 0.5) is 0 Å². The predicted molar refractivity (Wildman–Crippen MR) is 74.9 cm³/mol. The van der Waals surface area contributed by atoms with E-state index in [9.17, 15) is 4.79 Å². The lowest BCUT2D eigenvalue weighted by molar-refractivity contribution is 0.0690. The Morgan fingerprint density at radius 2 is 1.95 bits per heavy atom. The number of carbonyl (C=O) groups is 1. The standard InChI is InChI=1S/C14H12N2O2S/c1-8-11(13(17)18)15-14-16(8)12(9(2)19-14)10-6-4-3-5-7-10/h3-7H,1-2H3,(H,17,18). The van der Waals surface area contributed by atoms with Gasteiger partial charge >= 0.3 is 5.97 Å². The van der Waals surface area contributed by atoms with E-state index < -0.39 is 5.97 Å². The molecule has 19 heavy (non-hydrogen) atoms. The summed E-state index contributed by atoms with van der Waals surface area (Å²) in [6, 6.07) is 9.96. The zero-order valence-electron chi connectivity index (χ0n) is 10.5. The molecule has 0 unspecified atom stereocenters. The quantitative estimate of drug-likeness (QED) is 0.778. The molecule has 0 bridgehead atoms. The summed E-state index contributed by atoms with van der Waals surface area (Å²) >= 11 is 1.51. The predicted octanol–water partition coefficient (Wildman–Crippen LogP) is 3.38. The van der Waals surface area contributed by atoms with Crippen LogP contribution in [-0.2, 0) is 0 Å². The van der Waals surface area contributed by atoms with Crippen LogP contribution in [0.25, 0.3) is 16.2 Å². The lowest BCUT2D eigenvalue weighted by Gasteiger charge is -2.03. The highest BCUT2D eigenvalue weighted by Gasteiger charge is 2.20. The maximum Gasteiger partial charge on any atom is 0.356 e. The summed E-state index contributed by atoms with van der Waals surface area (Å²) in [6.07, 6.45) is 0. The Kier molecular flexibility index (Phi) is 2.64. The fraction of sp³-hybridized carbons (Fsp3) is 0.143. The first kappa shape index (κ1) is 11.9. The number of aryl methyl sites for hydroxylation is 2. The lowest BCUT2D eigenvalue weighted by atomic mass is 10.1. The van der Waals surface area contributed by atoms with Crippen LogP contribution in [-0.4, -0.2) is 20.5 Å². The van der Waals surface area contributed by atoms with Crippen LogP contribution in [0.2, 0.25) is 0 Å². The molecule has 1 aromatic carbocycles. The van der Waals surface area contributed by atoms with Gasteiger partial charge in [-0.15, -0.1) is 11.3 Å². The molecule has 0 aliphatic carbocycles. The Labute approximate surface area is 114 Å². The van der Waals surface area contributed by atoms with E-state index in [2.05, 4.69) is 4.98 Å². The number of aromatic carboxylic acids is 1. The second kappa shape index (κ2) is 4.20. The van der Waals surface area contributed by atoms with Crippen molar-refractivity contribution in [2.45, 2.75) is 13.8 Å². The van der Waals surface area contributed by atoms with Gasteiger partial charge in [-0.1, -0.05) is 30.3 Å². The molecule has 0 aliphatic rings. The minimum absolute atomic E-state index is 0.128. The summed E-state index contributed by atoms with van der Waals surface area (Å²) < 4.78 is 1.93. The zero-order chi connectivity index (χ0) is 13.6. The van der Waals surface area contributed by atoms with E-state index in [0.717, 1.165) is 21.1 Å². The van der Waals surface area contributed by atoms with E-state index in [-0.39, 0.29) is 5.69 Å². The molecule has 4 nitrogen and oxygen atoms in total. The van der Waals surface area contributed by atoms with Gasteiger partial charge in [-0.3, -0.25) is 4.40 Å². The first-order valence-corrected chi connectivity index (χ1v) is 6.68. The zero-order valence-corrected chi connectivity index (χ0v) is 11.4. The Morgan fingerprint density at radius 1 is 1.26 bits per heavy atom. The third-order valence-corrected chi connectivity index (χ3v) is 4.08. The molecule has 0 radical (unpaired) electrons. The summed E-state index contributed by atoms with van der Waals surface area (Å²) in [4.78, 5) is 17.2. The van der Waals surface area contributed by atoms with E-state index in [1.165, 1.54) is 11.3 Å². The molecule has 0 amide bonds. The first-order valence-electron chi connectivity index (χ1n) is 5.86. The number of carboxylic acids is 1. The van der Waals surface area contributed by atoms with Crippen LogP contribution >= 0.6 is 11.3 Å². The van der Waals surface area contributed by atoms with Crippen molar-refractivity contribution in [1.29, 1.82) is 0 Å². The van der Waals surface area contributed by atoms with Gasteiger partial charge < -0.3 is 5.11 Å². The van der Waals surface area contributed by atoms with Crippen molar-refractivity contribution in [2.75, 3.05) is 0 Å². The maximum absolute atomic E-state index is 11.2. The van der Waals surface area contributed by atoms with E-state index in [1.807, 2.05) is 41.7 Å². The highest BCUT2D eigenvalue weighted by Crippen LogP contribution is 2.32. The molecular weight excluding hydrogens is 260 g/mol. The second-order valence-corrected chi connectivity index (χ2v) is 5.52. The van der Waals surface area contributed by atoms with Gasteiger partial charge in [-0.2, -0.15) is 0 Å². The van der Waals surface area contributed by atoms with Crippen molar-refractivity contribution >= 4 is 22.3 Å². The highest BCUT2D eigenvalue weighted by atomic mass is 32.1. The van der Waals surface area contributed by atoms with Crippen molar-refractivity contribution in [3.8, 4) is 11.3 Å². The Hall–Kier alpha value is -2.14. The largest absolute Gasteiger partial charge is 0.476 e. The molecular formula is C14H12N2O2S. The molecule has 5 heteroatoms. The molecule has 2 heterocycles. The number of aromatic nitrogens is 2. The molecule has 3 aromatic rings. The average Bonchev–Trinajstić information content (AvgIpc) is 2.87. The number of rotatable bonds is 2. The molecule has 0 aliphatic heterocycles. The number of imidazole rings is 1. The number of hydrogen-bond acceptors (Lipinski definition) is 3. The van der Waals surface area contributed by atoms with Gasteiger partial charge in [0.25, 0.3) is 0 Å². The fourth-order valence-corrected chi connectivity index (χ4v) is 3.32. The third-order valence-electron chi connectivity index (χ3n) is 3.13. The van der Waals surface area contributed by atoms with Crippen LogP contribution < -0.4 is 0 Å². The topological polar surface area (TPSA) is 54.6 Å². The highest BCUT2D eigenvalue weighted by molar-refractivity contribution is 7.17. The van der Waals surface area contributed by atoms with E-state index in [0.29, 0.717) is 5.69 Å². The number of fused-ring (bicyclic) bond motifs is 1. The molecule has 2 aromatic heterocycles. The summed E-state index contributed by atoms with van der Waals surface area (Å²) in [6.45, 7) is 3.82. The molecule has 96 valence electrons. The summed E-state index contributed by atoms with van der Waals surface area (Å²) in [5.41, 5.74) is 2.90. The van der Waals surface area contributed by atoms with Crippen LogP contribution in [0.15, 0.2) is 30.3 Å². The Bertz CT molecular complexity index is 772. The van der Waals surface area contributed by atoms with Gasteiger partial charge in [0.2, 0.25) is 0 Å². The van der Waals surface area contributed by atoms with E-state index in [4.69, 9.17) is 5.11 Å². The number of thiazole rings is 1. The normalized spacial score (nSPS) is 11.1. The van der Waals surface area contributed by atoms with Crippen LogP contribution in [0.3, 0.4) is 0 Å². The fourth-order valence-electron chi connectivity index (χ4n) is 2.28. The van der Waals surface area contributed by atoms with Gasteiger partial charge in [-0.05, 0) is 19.4 Å². The molecule has 0 fully saturated rings. The van der Waals surface area contributed by atoms with Crippen LogP contribution in [0.5, 0.6) is 0 Å². The summed E-state index contributed by atoms with van der Waals surface area (Å²) in [7, 11) is 0. The Morgan fingerprint density at radius 3 is 2.58 bits per heavy atom. The lowest BCUT2D eigenvalue weighted by Crippen LogP contribution is -2.00. The maximum atomic E-state index is 11.2. The average molecular weight is 272 g/mol. The number of nitrogens with zero attached hydrogens (tertiary/aromatic N) is 2. The number of carboxylic acid groups (broad SMARTS) is 1. The monoisotopic (exact) mass is 272 g/mol. The van der Waals surface area contributed by atoms with E-state index >= 15 is 0 Å². The van der Waals surface area contributed by atoms with Crippen molar-refractivity contribution in [1.82, 2.24) is 9.38 Å². The van der Waals surface area contributed by atoms with Gasteiger partial charge in [0.05, 0.1) is 11.4 Å². The molecule has 0 spiro atoms. The van der Waals surface area contributed by atoms with E-state index in [1.54, 1.807) is 6.92 Å². The molecule has 0 atom stereocenters. The van der Waals surface area contributed by atoms with Crippen LogP contribution in [0.1, 0.15) is 21.1 Å². The summed E-state index contributed by atoms with van der Waals surface area (Å²) in [5.74, 6) is -0.981. The molecule has 0 saturated carbocycles. The molecule has 3 rings (SSSR count). The molecule has 0 saturated heterocycles. The van der Waals surface area contributed by atoms with Gasteiger partial charge in [0.1, 0.15) is 0 Å². The molecule has 1 N–H and O–H groups in total. The third kappa shape index (κ3) is 1.74. The minimum atomic E-state index is -0.981. The number of benzene rings is 1. The van der Waals surface area contributed by atoms with Crippen molar-refractivity contribution < 1.29 is 9.90 Å². The van der Waals surface area contributed by atoms with Crippen molar-refractivity contribution in [3.05, 3.63) is 46.6 Å². The SMILES string of the molecule is Cc1sc2nc(C(=O)O)c(C)n2c1-c1ccccc1. The smallest absolute Gasteiger partial charge is 0.356 e.